The van der Waals surface area contributed by atoms with E-state index >= 15 is 0 Å². The third-order valence-corrected chi connectivity index (χ3v) is 4.91. The number of rotatable bonds is 6. The van der Waals surface area contributed by atoms with Crippen molar-refractivity contribution in [1.82, 2.24) is 10.2 Å². The first kappa shape index (κ1) is 24.2. The van der Waals surface area contributed by atoms with Crippen LogP contribution in [0.2, 0.25) is 0 Å². The standard InChI is InChI=1S/C19H31N3O.2ClH/c1-14-7-6-10-22(12-14)13-18-9-5-4-8-17(18)11-21-19(23)15(2)16(3)20;;/h4-5,8-9,14-16H,6-7,10-13,20H2,1-3H3,(H,21,23);2*1H. The second-order valence-corrected chi connectivity index (χ2v) is 7.12. The van der Waals surface area contributed by atoms with Crippen molar-refractivity contribution in [2.75, 3.05) is 13.1 Å². The van der Waals surface area contributed by atoms with Crippen molar-refractivity contribution in [2.45, 2.75) is 52.7 Å². The first-order chi connectivity index (χ1) is 11.0. The number of nitrogens with one attached hydrogen (secondary N) is 1. The van der Waals surface area contributed by atoms with E-state index in [9.17, 15) is 4.79 Å². The zero-order valence-corrected chi connectivity index (χ0v) is 17.2. The molecule has 1 heterocycles. The summed E-state index contributed by atoms with van der Waals surface area (Å²) in [6.07, 6.45) is 2.62. The fourth-order valence-corrected chi connectivity index (χ4v) is 3.14. The number of nitrogens with zero attached hydrogens (tertiary/aromatic N) is 1. The van der Waals surface area contributed by atoms with Crippen LogP contribution in [0.5, 0.6) is 0 Å². The van der Waals surface area contributed by atoms with Gasteiger partial charge in [0.1, 0.15) is 0 Å². The maximum atomic E-state index is 12.1. The minimum atomic E-state index is -0.162. The minimum absolute atomic E-state index is 0. The molecule has 3 atom stereocenters. The van der Waals surface area contributed by atoms with Crippen LogP contribution in [0.15, 0.2) is 24.3 Å². The Kier molecular flexibility index (Phi) is 11.4. The molecule has 1 aromatic carbocycles. The third-order valence-electron chi connectivity index (χ3n) is 4.91. The Labute approximate surface area is 164 Å². The van der Waals surface area contributed by atoms with E-state index in [4.69, 9.17) is 5.73 Å². The lowest BCUT2D eigenvalue weighted by atomic mass is 9.98. The highest BCUT2D eigenvalue weighted by Crippen LogP contribution is 2.19. The van der Waals surface area contributed by atoms with Crippen LogP contribution >= 0.6 is 24.8 Å². The van der Waals surface area contributed by atoms with Crippen molar-refractivity contribution in [3.63, 3.8) is 0 Å². The van der Waals surface area contributed by atoms with Crippen molar-refractivity contribution in [3.05, 3.63) is 35.4 Å². The largest absolute Gasteiger partial charge is 0.352 e. The van der Waals surface area contributed by atoms with E-state index in [1.807, 2.05) is 19.9 Å². The number of likely N-dealkylation sites (tertiary alicyclic amines) is 1. The van der Waals surface area contributed by atoms with Gasteiger partial charge < -0.3 is 11.1 Å². The summed E-state index contributed by atoms with van der Waals surface area (Å²) >= 11 is 0. The summed E-state index contributed by atoms with van der Waals surface area (Å²) < 4.78 is 0. The molecule has 6 heteroatoms. The predicted molar refractivity (Wildman–Crippen MR) is 109 cm³/mol. The normalized spacial score (nSPS) is 19.9. The molecule has 0 aromatic heterocycles. The number of amides is 1. The molecule has 3 unspecified atom stereocenters. The van der Waals surface area contributed by atoms with E-state index in [1.54, 1.807) is 0 Å². The molecule has 0 bridgehead atoms. The molecule has 1 aliphatic rings. The predicted octanol–water partition coefficient (Wildman–Crippen LogP) is 3.36. The third kappa shape index (κ3) is 7.53. The SMILES string of the molecule is CC1CCCN(Cc2ccccc2CNC(=O)C(C)C(C)N)C1.Cl.Cl. The number of nitrogens with two attached hydrogens (primary N) is 1. The second kappa shape index (κ2) is 11.7. The molecule has 144 valence electrons. The molecule has 0 saturated carbocycles. The molecular formula is C19H33Cl2N3O. The average Bonchev–Trinajstić information content (AvgIpc) is 2.53. The Morgan fingerprint density at radius 1 is 1.28 bits per heavy atom. The van der Waals surface area contributed by atoms with Crippen molar-refractivity contribution in [2.24, 2.45) is 17.6 Å². The van der Waals surface area contributed by atoms with Gasteiger partial charge >= 0.3 is 0 Å². The lowest BCUT2D eigenvalue weighted by Crippen LogP contribution is -2.38. The first-order valence-corrected chi connectivity index (χ1v) is 8.79. The van der Waals surface area contributed by atoms with Gasteiger partial charge in [0.25, 0.3) is 0 Å². The van der Waals surface area contributed by atoms with Gasteiger partial charge in [-0.05, 0) is 43.4 Å². The second-order valence-electron chi connectivity index (χ2n) is 7.12. The van der Waals surface area contributed by atoms with Gasteiger partial charge in [-0.2, -0.15) is 0 Å². The van der Waals surface area contributed by atoms with Crippen LogP contribution in [0.1, 0.15) is 44.7 Å². The minimum Gasteiger partial charge on any atom is -0.352 e. The van der Waals surface area contributed by atoms with E-state index in [1.165, 1.54) is 37.1 Å². The van der Waals surface area contributed by atoms with Crippen molar-refractivity contribution >= 4 is 30.7 Å². The summed E-state index contributed by atoms with van der Waals surface area (Å²) in [6.45, 7) is 9.97. The summed E-state index contributed by atoms with van der Waals surface area (Å²) in [7, 11) is 0. The van der Waals surface area contributed by atoms with Crippen molar-refractivity contribution < 1.29 is 4.79 Å². The number of carbonyl (C=O) groups is 1. The van der Waals surface area contributed by atoms with Gasteiger partial charge in [0, 0.05) is 31.6 Å². The van der Waals surface area contributed by atoms with Crippen molar-refractivity contribution in [3.8, 4) is 0 Å². The molecule has 0 radical (unpaired) electrons. The van der Waals surface area contributed by atoms with E-state index in [0.717, 1.165) is 12.5 Å². The lowest BCUT2D eigenvalue weighted by molar-refractivity contribution is -0.125. The van der Waals surface area contributed by atoms with Gasteiger partial charge in [0.05, 0.1) is 0 Å². The molecule has 3 N–H and O–H groups in total. The summed E-state index contributed by atoms with van der Waals surface area (Å²) in [6, 6.07) is 8.28. The molecule has 25 heavy (non-hydrogen) atoms. The van der Waals surface area contributed by atoms with Crippen LogP contribution in [-0.2, 0) is 17.9 Å². The molecule has 0 spiro atoms. The molecule has 0 aliphatic carbocycles. The van der Waals surface area contributed by atoms with E-state index in [0.29, 0.717) is 6.54 Å². The van der Waals surface area contributed by atoms with E-state index in [2.05, 4.69) is 35.3 Å². The highest BCUT2D eigenvalue weighted by Gasteiger charge is 2.19. The van der Waals surface area contributed by atoms with Gasteiger partial charge in [-0.25, -0.2) is 0 Å². The molecule has 1 saturated heterocycles. The highest BCUT2D eigenvalue weighted by molar-refractivity contribution is 5.85. The Bertz CT molecular complexity index is 525. The van der Waals surface area contributed by atoms with Crippen LogP contribution in [-0.4, -0.2) is 29.9 Å². The summed E-state index contributed by atoms with van der Waals surface area (Å²) in [5, 5.41) is 3.03. The van der Waals surface area contributed by atoms with E-state index < -0.39 is 0 Å². The van der Waals surface area contributed by atoms with Crippen LogP contribution in [0, 0.1) is 11.8 Å². The molecule has 1 fully saturated rings. The Balaban J connectivity index is 0.00000288. The number of hydrogen-bond acceptors (Lipinski definition) is 3. The zero-order chi connectivity index (χ0) is 16.8. The maximum Gasteiger partial charge on any atom is 0.224 e. The molecule has 1 aliphatic heterocycles. The quantitative estimate of drug-likeness (QED) is 0.783. The van der Waals surface area contributed by atoms with Gasteiger partial charge in [-0.15, -0.1) is 24.8 Å². The zero-order valence-electron chi connectivity index (χ0n) is 15.5. The topological polar surface area (TPSA) is 58.4 Å². The fourth-order valence-electron chi connectivity index (χ4n) is 3.14. The van der Waals surface area contributed by atoms with Gasteiger partial charge in [-0.1, -0.05) is 38.1 Å². The van der Waals surface area contributed by atoms with Gasteiger partial charge in [0.15, 0.2) is 0 Å². The average molecular weight is 390 g/mol. The Morgan fingerprint density at radius 2 is 1.92 bits per heavy atom. The number of carbonyl (C=O) groups excluding carboxylic acids is 1. The number of piperidine rings is 1. The summed E-state index contributed by atoms with van der Waals surface area (Å²) in [4.78, 5) is 14.6. The molecular weight excluding hydrogens is 357 g/mol. The molecule has 2 rings (SSSR count). The number of benzene rings is 1. The monoisotopic (exact) mass is 389 g/mol. The Hall–Kier alpha value is -0.810. The number of halogens is 2. The van der Waals surface area contributed by atoms with E-state index in [-0.39, 0.29) is 42.7 Å². The first-order valence-electron chi connectivity index (χ1n) is 8.79. The lowest BCUT2D eigenvalue weighted by Gasteiger charge is -2.31. The number of hydrogen-bond donors (Lipinski definition) is 2. The van der Waals surface area contributed by atoms with Crippen LogP contribution in [0.25, 0.3) is 0 Å². The molecule has 4 nitrogen and oxygen atoms in total. The smallest absolute Gasteiger partial charge is 0.224 e. The van der Waals surface area contributed by atoms with Crippen molar-refractivity contribution in [1.29, 1.82) is 0 Å². The van der Waals surface area contributed by atoms with Crippen LogP contribution < -0.4 is 11.1 Å². The van der Waals surface area contributed by atoms with Crippen LogP contribution in [0.4, 0.5) is 0 Å². The van der Waals surface area contributed by atoms with Crippen LogP contribution in [0.3, 0.4) is 0 Å². The Morgan fingerprint density at radius 3 is 2.52 bits per heavy atom. The highest BCUT2D eigenvalue weighted by atomic mass is 35.5. The summed E-state index contributed by atoms with van der Waals surface area (Å²) in [5.74, 6) is 0.647. The molecule has 1 aromatic rings. The molecule has 1 amide bonds. The van der Waals surface area contributed by atoms with Gasteiger partial charge in [-0.3, -0.25) is 9.69 Å². The maximum absolute atomic E-state index is 12.1. The fraction of sp³-hybridized carbons (Fsp3) is 0.632. The summed E-state index contributed by atoms with van der Waals surface area (Å²) in [5.41, 5.74) is 8.32. The van der Waals surface area contributed by atoms with Gasteiger partial charge in [0.2, 0.25) is 5.91 Å².